The van der Waals surface area contributed by atoms with E-state index in [1.54, 1.807) is 0 Å². The molecule has 1 aliphatic rings. The Kier molecular flexibility index (Phi) is 4.55. The van der Waals surface area contributed by atoms with Crippen LogP contribution in [0.5, 0.6) is 0 Å². The Morgan fingerprint density at radius 3 is 2.57 bits per heavy atom. The third-order valence-electron chi connectivity index (χ3n) is 4.08. The van der Waals surface area contributed by atoms with Gasteiger partial charge in [-0.25, -0.2) is 17.9 Å². The molecule has 2 rings (SSSR count). The van der Waals surface area contributed by atoms with Gasteiger partial charge in [-0.1, -0.05) is 6.92 Å². The van der Waals surface area contributed by atoms with Gasteiger partial charge >= 0.3 is 0 Å². The third-order valence-corrected chi connectivity index (χ3v) is 4.99. The molecule has 7 heteroatoms. The number of primary sulfonamides is 1. The molecule has 5 nitrogen and oxygen atoms in total. The molecule has 4 N–H and O–H groups in total. The van der Waals surface area contributed by atoms with E-state index in [1.165, 1.54) is 12.1 Å². The summed E-state index contributed by atoms with van der Waals surface area (Å²) in [7, 11) is -3.91. The summed E-state index contributed by atoms with van der Waals surface area (Å²) in [4.78, 5) is -0.268. The van der Waals surface area contributed by atoms with Crippen LogP contribution in [0.1, 0.15) is 32.6 Å². The second-order valence-corrected chi connectivity index (χ2v) is 7.51. The Hall–Kier alpha value is -1.18. The van der Waals surface area contributed by atoms with E-state index in [4.69, 9.17) is 5.14 Å². The van der Waals surface area contributed by atoms with Gasteiger partial charge < -0.3 is 10.4 Å². The number of sulfonamides is 1. The van der Waals surface area contributed by atoms with Crippen LogP contribution in [0.15, 0.2) is 23.1 Å². The van der Waals surface area contributed by atoms with Crippen LogP contribution in [0.3, 0.4) is 0 Å². The number of benzene rings is 1. The highest BCUT2D eigenvalue weighted by Gasteiger charge is 2.31. The van der Waals surface area contributed by atoms with E-state index in [2.05, 4.69) is 12.2 Å². The number of nitrogens with one attached hydrogen (secondary N) is 1. The maximum Gasteiger partial charge on any atom is 0.238 e. The van der Waals surface area contributed by atoms with Crippen molar-refractivity contribution < 1.29 is 17.9 Å². The number of hydrogen-bond acceptors (Lipinski definition) is 4. The maximum atomic E-state index is 13.9. The molecule has 0 bridgehead atoms. The van der Waals surface area contributed by atoms with E-state index in [-0.39, 0.29) is 17.1 Å². The molecule has 0 atom stereocenters. The van der Waals surface area contributed by atoms with Gasteiger partial charge in [-0.15, -0.1) is 0 Å². The highest BCUT2D eigenvalue weighted by Crippen LogP contribution is 2.32. The number of anilines is 1. The van der Waals surface area contributed by atoms with E-state index in [1.807, 2.05) is 0 Å². The second kappa shape index (κ2) is 5.90. The van der Waals surface area contributed by atoms with E-state index in [9.17, 15) is 17.9 Å². The van der Waals surface area contributed by atoms with Gasteiger partial charge in [0.25, 0.3) is 0 Å². The lowest BCUT2D eigenvalue weighted by Gasteiger charge is -2.35. The number of halogens is 1. The van der Waals surface area contributed by atoms with Crippen molar-refractivity contribution in [2.45, 2.75) is 43.1 Å². The van der Waals surface area contributed by atoms with Crippen molar-refractivity contribution in [1.82, 2.24) is 0 Å². The first-order valence-corrected chi connectivity index (χ1v) is 8.53. The second-order valence-electron chi connectivity index (χ2n) is 5.95. The van der Waals surface area contributed by atoms with Crippen molar-refractivity contribution in [3.63, 3.8) is 0 Å². The molecule has 0 aliphatic heterocycles. The van der Waals surface area contributed by atoms with Crippen molar-refractivity contribution in [2.75, 3.05) is 11.9 Å². The molecule has 0 saturated heterocycles. The molecule has 0 radical (unpaired) electrons. The van der Waals surface area contributed by atoms with E-state index in [0.29, 0.717) is 18.8 Å². The predicted molar refractivity (Wildman–Crippen MR) is 78.8 cm³/mol. The fourth-order valence-electron chi connectivity index (χ4n) is 2.55. The van der Waals surface area contributed by atoms with Gasteiger partial charge in [-0.3, -0.25) is 0 Å². The van der Waals surface area contributed by atoms with Gasteiger partial charge in [0, 0.05) is 6.54 Å². The summed E-state index contributed by atoms with van der Waals surface area (Å²) in [5, 5.41) is 18.2. The Bertz CT molecular complexity index is 611. The van der Waals surface area contributed by atoms with Crippen molar-refractivity contribution in [3.05, 3.63) is 24.0 Å². The summed E-state index contributed by atoms with van der Waals surface area (Å²) in [6.07, 6.45) is 3.26. The predicted octanol–water partition coefficient (Wildman–Crippen LogP) is 1.83. The van der Waals surface area contributed by atoms with E-state index >= 15 is 0 Å². The lowest BCUT2D eigenvalue weighted by Crippen LogP contribution is -2.40. The van der Waals surface area contributed by atoms with Crippen LogP contribution >= 0.6 is 0 Å². The summed E-state index contributed by atoms with van der Waals surface area (Å²) >= 11 is 0. The smallest absolute Gasteiger partial charge is 0.238 e. The van der Waals surface area contributed by atoms with Gasteiger partial charge in [0.05, 0.1) is 16.2 Å². The standard InChI is InChI=1S/C14H21FN2O3S/c1-10-4-6-14(18,7-5-10)9-17-13-3-2-11(8-12(13)15)21(16,19)20/h2-3,8,10,17-18H,4-7,9H2,1H3,(H2,16,19,20). The van der Waals surface area contributed by atoms with Crippen LogP contribution < -0.4 is 10.5 Å². The largest absolute Gasteiger partial charge is 0.388 e. The zero-order chi connectivity index (χ0) is 15.7. The van der Waals surface area contributed by atoms with Gasteiger partial charge in [-0.05, 0) is 49.8 Å². The minimum absolute atomic E-state index is 0.162. The van der Waals surface area contributed by atoms with E-state index in [0.717, 1.165) is 18.9 Å². The normalized spacial score (nSPS) is 26.6. The van der Waals surface area contributed by atoms with Crippen LogP contribution in [-0.4, -0.2) is 25.7 Å². The van der Waals surface area contributed by atoms with Crippen molar-refractivity contribution in [3.8, 4) is 0 Å². The molecule has 1 fully saturated rings. The lowest BCUT2D eigenvalue weighted by atomic mass is 9.79. The van der Waals surface area contributed by atoms with Crippen LogP contribution in [0.25, 0.3) is 0 Å². The molecule has 0 aromatic heterocycles. The molecule has 1 saturated carbocycles. The lowest BCUT2D eigenvalue weighted by molar-refractivity contribution is 0.00497. The van der Waals surface area contributed by atoms with Crippen LogP contribution in [0.4, 0.5) is 10.1 Å². The zero-order valence-corrected chi connectivity index (χ0v) is 12.8. The number of hydrogen-bond donors (Lipinski definition) is 3. The van der Waals surface area contributed by atoms with Crippen LogP contribution in [-0.2, 0) is 10.0 Å². The average Bonchev–Trinajstić information content (AvgIpc) is 2.40. The average molecular weight is 316 g/mol. The fourth-order valence-corrected chi connectivity index (χ4v) is 3.08. The third kappa shape index (κ3) is 4.15. The SMILES string of the molecule is CC1CCC(O)(CNc2ccc(S(N)(=O)=O)cc2F)CC1. The van der Waals surface area contributed by atoms with Gasteiger partial charge in [0.1, 0.15) is 5.82 Å². The van der Waals surface area contributed by atoms with E-state index < -0.39 is 21.4 Å². The Morgan fingerprint density at radius 2 is 2.05 bits per heavy atom. The first kappa shape index (κ1) is 16.2. The highest BCUT2D eigenvalue weighted by molar-refractivity contribution is 7.89. The monoisotopic (exact) mass is 316 g/mol. The molecule has 0 heterocycles. The van der Waals surface area contributed by atoms with Crippen molar-refractivity contribution >= 4 is 15.7 Å². The molecule has 1 aliphatic carbocycles. The first-order valence-electron chi connectivity index (χ1n) is 6.98. The Morgan fingerprint density at radius 1 is 1.43 bits per heavy atom. The molecule has 0 spiro atoms. The van der Waals surface area contributed by atoms with Gasteiger partial charge in [-0.2, -0.15) is 0 Å². The Balaban J connectivity index is 2.04. The fraction of sp³-hybridized carbons (Fsp3) is 0.571. The first-order chi connectivity index (χ1) is 9.70. The summed E-state index contributed by atoms with van der Waals surface area (Å²) < 4.78 is 36.1. The quantitative estimate of drug-likeness (QED) is 0.790. The summed E-state index contributed by atoms with van der Waals surface area (Å²) in [6, 6.07) is 3.45. The van der Waals surface area contributed by atoms with Crippen molar-refractivity contribution in [2.24, 2.45) is 11.1 Å². The molecular formula is C14H21FN2O3S. The number of nitrogens with two attached hydrogens (primary N) is 1. The summed E-state index contributed by atoms with van der Waals surface area (Å²) in [6.45, 7) is 2.39. The maximum absolute atomic E-state index is 13.9. The van der Waals surface area contributed by atoms with Crippen LogP contribution in [0.2, 0.25) is 0 Å². The minimum Gasteiger partial charge on any atom is -0.388 e. The Labute approximate surface area is 124 Å². The summed E-state index contributed by atoms with van der Waals surface area (Å²) in [5.41, 5.74) is -0.674. The molecule has 0 amide bonds. The molecule has 21 heavy (non-hydrogen) atoms. The molecule has 1 aromatic carbocycles. The zero-order valence-electron chi connectivity index (χ0n) is 12.0. The molecule has 0 unspecified atom stereocenters. The van der Waals surface area contributed by atoms with Gasteiger partial charge in [0.2, 0.25) is 10.0 Å². The van der Waals surface area contributed by atoms with Crippen LogP contribution in [0, 0.1) is 11.7 Å². The topological polar surface area (TPSA) is 92.4 Å². The number of rotatable bonds is 4. The molecule has 1 aromatic rings. The highest BCUT2D eigenvalue weighted by atomic mass is 32.2. The van der Waals surface area contributed by atoms with Crippen molar-refractivity contribution in [1.29, 1.82) is 0 Å². The minimum atomic E-state index is -3.91. The molecule has 118 valence electrons. The summed E-state index contributed by atoms with van der Waals surface area (Å²) in [5.74, 6) is -0.0923. The van der Waals surface area contributed by atoms with Gasteiger partial charge in [0.15, 0.2) is 0 Å². The number of aliphatic hydroxyl groups is 1. The molecular weight excluding hydrogens is 295 g/mol.